The molecular formula is C13H11FN4. The number of anilines is 1. The van der Waals surface area contributed by atoms with Gasteiger partial charge in [0.15, 0.2) is 0 Å². The van der Waals surface area contributed by atoms with Crippen LogP contribution < -0.4 is 5.73 Å². The molecule has 18 heavy (non-hydrogen) atoms. The maximum Gasteiger partial charge on any atom is 0.221 e. The zero-order valence-corrected chi connectivity index (χ0v) is 9.76. The summed E-state index contributed by atoms with van der Waals surface area (Å²) in [5.41, 5.74) is 7.08. The van der Waals surface area contributed by atoms with E-state index in [9.17, 15) is 4.39 Å². The minimum atomic E-state index is -0.448. The fourth-order valence-electron chi connectivity index (χ4n) is 1.52. The van der Waals surface area contributed by atoms with E-state index in [1.807, 2.05) is 0 Å². The van der Waals surface area contributed by atoms with Crippen molar-refractivity contribution in [3.05, 3.63) is 47.0 Å². The monoisotopic (exact) mass is 242 g/mol. The van der Waals surface area contributed by atoms with Crippen LogP contribution >= 0.6 is 0 Å². The highest BCUT2D eigenvalue weighted by Crippen LogP contribution is 2.11. The van der Waals surface area contributed by atoms with Crippen LogP contribution in [0.3, 0.4) is 0 Å². The number of aryl methyl sites for hydroxylation is 1. The first-order valence-electron chi connectivity index (χ1n) is 5.22. The van der Waals surface area contributed by atoms with Gasteiger partial charge in [-0.2, -0.15) is 5.10 Å². The minimum absolute atomic E-state index is 0.177. The number of rotatable bonds is 2. The van der Waals surface area contributed by atoms with Crippen LogP contribution in [0.4, 0.5) is 10.3 Å². The van der Waals surface area contributed by atoms with Gasteiger partial charge >= 0.3 is 0 Å². The molecule has 1 aromatic heterocycles. The zero-order chi connectivity index (χ0) is 13.1. The number of hydrogen-bond donors (Lipinski definition) is 1. The molecular weight excluding hydrogens is 231 g/mol. The fraction of sp³-hybridized carbons (Fsp3) is 0.0769. The molecule has 0 saturated carbocycles. The molecule has 2 N–H and O–H groups in total. The third-order valence-electron chi connectivity index (χ3n) is 2.35. The molecule has 2 rings (SSSR count). The Labute approximate surface area is 104 Å². The Morgan fingerprint density at radius 1 is 1.56 bits per heavy atom. The molecule has 0 aliphatic rings. The first-order valence-corrected chi connectivity index (χ1v) is 5.22. The number of halogens is 1. The summed E-state index contributed by atoms with van der Waals surface area (Å²) in [6, 6.07) is 4.56. The highest BCUT2D eigenvalue weighted by Gasteiger charge is 2.04. The summed E-state index contributed by atoms with van der Waals surface area (Å²) in [4.78, 5) is 4.00. The first kappa shape index (κ1) is 11.9. The lowest BCUT2D eigenvalue weighted by atomic mass is 10.1. The molecule has 0 fully saturated rings. The van der Waals surface area contributed by atoms with Crippen molar-refractivity contribution in [3.8, 4) is 12.3 Å². The molecule has 0 aliphatic carbocycles. The Morgan fingerprint density at radius 2 is 2.33 bits per heavy atom. The fourth-order valence-corrected chi connectivity index (χ4v) is 1.52. The summed E-state index contributed by atoms with van der Waals surface area (Å²) in [7, 11) is 0. The molecule has 0 spiro atoms. The molecule has 0 unspecified atom stereocenters. The Kier molecular flexibility index (Phi) is 3.11. The normalized spacial score (nSPS) is 10.7. The number of benzene rings is 1. The van der Waals surface area contributed by atoms with Gasteiger partial charge in [0.2, 0.25) is 5.95 Å². The number of hydrogen-bond acceptors (Lipinski definition) is 3. The van der Waals surface area contributed by atoms with Crippen LogP contribution in [0.5, 0.6) is 0 Å². The molecule has 0 bridgehead atoms. The molecule has 4 nitrogen and oxygen atoms in total. The van der Waals surface area contributed by atoms with Crippen LogP contribution in [0.1, 0.15) is 16.8 Å². The van der Waals surface area contributed by atoms with Gasteiger partial charge in [-0.25, -0.2) is 14.1 Å². The second-order valence-corrected chi connectivity index (χ2v) is 3.68. The van der Waals surface area contributed by atoms with Gasteiger partial charge in [0, 0.05) is 5.56 Å². The average Bonchev–Trinajstić information content (AvgIpc) is 2.65. The van der Waals surface area contributed by atoms with Crippen molar-refractivity contribution in [2.24, 2.45) is 5.10 Å². The third kappa shape index (κ3) is 2.23. The van der Waals surface area contributed by atoms with E-state index in [0.29, 0.717) is 5.56 Å². The van der Waals surface area contributed by atoms with Crippen molar-refractivity contribution in [2.45, 2.75) is 6.92 Å². The number of aromatic nitrogens is 2. The lowest BCUT2D eigenvalue weighted by Gasteiger charge is -2.00. The highest BCUT2D eigenvalue weighted by atomic mass is 19.1. The number of nitrogen functional groups attached to an aromatic ring is 1. The second-order valence-electron chi connectivity index (χ2n) is 3.68. The summed E-state index contributed by atoms with van der Waals surface area (Å²) in [6.07, 6.45) is 8.38. The van der Waals surface area contributed by atoms with Gasteiger partial charge in [0.05, 0.1) is 23.7 Å². The molecule has 90 valence electrons. The number of imidazole rings is 1. The molecule has 0 atom stereocenters. The summed E-state index contributed by atoms with van der Waals surface area (Å²) in [6.45, 7) is 1.80. The third-order valence-corrected chi connectivity index (χ3v) is 2.35. The van der Waals surface area contributed by atoms with E-state index < -0.39 is 5.82 Å². The van der Waals surface area contributed by atoms with Gasteiger partial charge in [0.1, 0.15) is 5.82 Å². The van der Waals surface area contributed by atoms with E-state index in [1.54, 1.807) is 25.3 Å². The molecule has 0 saturated heterocycles. The van der Waals surface area contributed by atoms with Crippen molar-refractivity contribution >= 4 is 12.2 Å². The van der Waals surface area contributed by atoms with Gasteiger partial charge in [-0.05, 0) is 13.0 Å². The summed E-state index contributed by atoms with van der Waals surface area (Å²) < 4.78 is 14.8. The van der Waals surface area contributed by atoms with Crippen LogP contribution in [0.2, 0.25) is 0 Å². The van der Waals surface area contributed by atoms with E-state index in [4.69, 9.17) is 12.2 Å². The number of nitrogens with two attached hydrogens (primary N) is 1. The van der Waals surface area contributed by atoms with Crippen molar-refractivity contribution in [1.82, 2.24) is 9.66 Å². The predicted octanol–water partition coefficient (Wildman–Crippen LogP) is 1.78. The topological polar surface area (TPSA) is 56.2 Å². The summed E-state index contributed by atoms with van der Waals surface area (Å²) >= 11 is 0. The molecule has 0 radical (unpaired) electrons. The molecule has 5 heteroatoms. The highest BCUT2D eigenvalue weighted by molar-refractivity contribution is 5.83. The van der Waals surface area contributed by atoms with Gasteiger partial charge in [-0.1, -0.05) is 18.1 Å². The first-order chi connectivity index (χ1) is 8.61. The van der Waals surface area contributed by atoms with E-state index in [-0.39, 0.29) is 11.5 Å². The van der Waals surface area contributed by atoms with Crippen molar-refractivity contribution in [3.63, 3.8) is 0 Å². The standard InChI is InChI=1S/C13H11FN4/c1-3-11-10(5-4-6-12(11)14)7-16-18-8-9(2)17-13(18)15/h1,4-8H,2H3,(H2,15,17). The zero-order valence-electron chi connectivity index (χ0n) is 9.76. The van der Waals surface area contributed by atoms with E-state index >= 15 is 0 Å². The minimum Gasteiger partial charge on any atom is -0.368 e. The summed E-state index contributed by atoms with van der Waals surface area (Å²) in [5, 5.41) is 4.09. The van der Waals surface area contributed by atoms with Crippen molar-refractivity contribution in [2.75, 3.05) is 5.73 Å². The smallest absolute Gasteiger partial charge is 0.221 e. The lowest BCUT2D eigenvalue weighted by Crippen LogP contribution is -1.98. The Balaban J connectivity index is 2.38. The number of terminal acetylenes is 1. The van der Waals surface area contributed by atoms with Gasteiger partial charge in [-0.15, -0.1) is 6.42 Å². The van der Waals surface area contributed by atoms with Crippen LogP contribution in [0.25, 0.3) is 0 Å². The van der Waals surface area contributed by atoms with Crippen LogP contribution in [-0.4, -0.2) is 15.9 Å². The van der Waals surface area contributed by atoms with E-state index in [0.717, 1.165) is 5.69 Å². The van der Waals surface area contributed by atoms with Crippen LogP contribution in [-0.2, 0) is 0 Å². The summed E-state index contributed by atoms with van der Waals surface area (Å²) in [5.74, 6) is 2.12. The van der Waals surface area contributed by atoms with Crippen LogP contribution in [0.15, 0.2) is 29.5 Å². The maximum absolute atomic E-state index is 13.4. The van der Waals surface area contributed by atoms with E-state index in [2.05, 4.69) is 16.0 Å². The SMILES string of the molecule is C#Cc1c(F)cccc1C=Nn1cc(C)nc1N. The van der Waals surface area contributed by atoms with E-state index in [1.165, 1.54) is 17.0 Å². The maximum atomic E-state index is 13.4. The Hall–Kier alpha value is -2.61. The largest absolute Gasteiger partial charge is 0.368 e. The van der Waals surface area contributed by atoms with Gasteiger partial charge < -0.3 is 5.73 Å². The van der Waals surface area contributed by atoms with Gasteiger partial charge in [0.25, 0.3) is 0 Å². The Morgan fingerprint density at radius 3 is 2.94 bits per heavy atom. The van der Waals surface area contributed by atoms with Crippen molar-refractivity contribution < 1.29 is 4.39 Å². The second kappa shape index (κ2) is 4.72. The molecule has 2 aromatic rings. The van der Waals surface area contributed by atoms with Crippen LogP contribution in [0, 0.1) is 25.1 Å². The Bertz CT molecular complexity index is 649. The molecule has 1 heterocycles. The molecule has 0 aliphatic heterocycles. The molecule has 0 amide bonds. The van der Waals surface area contributed by atoms with Gasteiger partial charge in [-0.3, -0.25) is 0 Å². The van der Waals surface area contributed by atoms with Crippen molar-refractivity contribution in [1.29, 1.82) is 0 Å². The number of nitrogens with zero attached hydrogens (tertiary/aromatic N) is 3. The molecule has 1 aromatic carbocycles. The quantitative estimate of drug-likeness (QED) is 0.644. The average molecular weight is 242 g/mol. The predicted molar refractivity (Wildman–Crippen MR) is 68.7 cm³/mol. The lowest BCUT2D eigenvalue weighted by molar-refractivity contribution is 0.624.